The number of hydrogen-bond donors (Lipinski definition) is 0. The van der Waals surface area contributed by atoms with Crippen molar-refractivity contribution in [1.29, 1.82) is 0 Å². The van der Waals surface area contributed by atoms with Gasteiger partial charge in [-0.3, -0.25) is 0 Å². The fraction of sp³-hybridized carbons (Fsp3) is 0.308. The van der Waals surface area contributed by atoms with Crippen LogP contribution in [0.3, 0.4) is 0 Å². The second-order valence-corrected chi connectivity index (χ2v) is 5.20. The standard InChI is InChI=1S/C13H15ClN2S/c1-10(12-4-3-7-17-12)16(2)13-8-11(9-14)5-6-15-13/h3-8,10H,9H2,1-2H3. The van der Waals surface area contributed by atoms with E-state index in [-0.39, 0.29) is 0 Å². The van der Waals surface area contributed by atoms with Crippen LogP contribution in [-0.4, -0.2) is 12.0 Å². The lowest BCUT2D eigenvalue weighted by molar-refractivity contribution is 0.741. The Morgan fingerprint density at radius 3 is 2.94 bits per heavy atom. The Hall–Kier alpha value is -1.06. The molecule has 0 saturated heterocycles. The van der Waals surface area contributed by atoms with E-state index in [9.17, 15) is 0 Å². The zero-order valence-electron chi connectivity index (χ0n) is 9.93. The molecule has 1 atom stereocenters. The van der Waals surface area contributed by atoms with Crippen LogP contribution in [0.5, 0.6) is 0 Å². The molecular formula is C13H15ClN2S. The number of thiophene rings is 1. The molecule has 0 aliphatic rings. The summed E-state index contributed by atoms with van der Waals surface area (Å²) in [6, 6.07) is 8.54. The highest BCUT2D eigenvalue weighted by molar-refractivity contribution is 7.10. The molecule has 0 N–H and O–H groups in total. The largest absolute Gasteiger partial charge is 0.352 e. The molecule has 0 aromatic carbocycles. The summed E-state index contributed by atoms with van der Waals surface area (Å²) < 4.78 is 0. The normalized spacial score (nSPS) is 12.4. The van der Waals surface area contributed by atoms with Gasteiger partial charge in [0.1, 0.15) is 5.82 Å². The van der Waals surface area contributed by atoms with Gasteiger partial charge in [0.25, 0.3) is 0 Å². The third kappa shape index (κ3) is 2.79. The maximum absolute atomic E-state index is 5.84. The molecule has 2 nitrogen and oxygen atoms in total. The molecular weight excluding hydrogens is 252 g/mol. The highest BCUT2D eigenvalue weighted by atomic mass is 35.5. The van der Waals surface area contributed by atoms with E-state index in [1.807, 2.05) is 18.3 Å². The van der Waals surface area contributed by atoms with Crippen molar-refractivity contribution in [3.8, 4) is 0 Å². The van der Waals surface area contributed by atoms with Gasteiger partial charge in [-0.25, -0.2) is 4.98 Å². The molecule has 2 heterocycles. The van der Waals surface area contributed by atoms with Crippen molar-refractivity contribution in [2.24, 2.45) is 0 Å². The Morgan fingerprint density at radius 1 is 1.47 bits per heavy atom. The minimum atomic E-state index is 0.327. The fourth-order valence-corrected chi connectivity index (χ4v) is 2.65. The van der Waals surface area contributed by atoms with E-state index < -0.39 is 0 Å². The molecule has 2 rings (SSSR count). The molecule has 0 aliphatic heterocycles. The number of nitrogens with zero attached hydrogens (tertiary/aromatic N) is 2. The number of halogens is 1. The molecule has 1 unspecified atom stereocenters. The summed E-state index contributed by atoms with van der Waals surface area (Å²) in [5, 5.41) is 2.10. The summed E-state index contributed by atoms with van der Waals surface area (Å²) in [6.45, 7) is 2.18. The summed E-state index contributed by atoms with van der Waals surface area (Å²) in [4.78, 5) is 7.90. The molecule has 2 aromatic heterocycles. The molecule has 0 spiro atoms. The van der Waals surface area contributed by atoms with Crippen LogP contribution < -0.4 is 4.90 Å². The van der Waals surface area contributed by atoms with Gasteiger partial charge in [0.15, 0.2) is 0 Å². The monoisotopic (exact) mass is 266 g/mol. The number of hydrogen-bond acceptors (Lipinski definition) is 3. The lowest BCUT2D eigenvalue weighted by atomic mass is 10.2. The quantitative estimate of drug-likeness (QED) is 0.776. The summed E-state index contributed by atoms with van der Waals surface area (Å²) in [5.41, 5.74) is 1.10. The van der Waals surface area contributed by atoms with Crippen LogP contribution in [0.1, 0.15) is 23.4 Å². The van der Waals surface area contributed by atoms with Gasteiger partial charge < -0.3 is 4.90 Å². The molecule has 0 saturated carbocycles. The van der Waals surface area contributed by atoms with E-state index in [4.69, 9.17) is 11.6 Å². The molecule has 0 aliphatic carbocycles. The predicted octanol–water partition coefficient (Wildman–Crippen LogP) is 4.08. The minimum absolute atomic E-state index is 0.327. The smallest absolute Gasteiger partial charge is 0.129 e. The fourth-order valence-electron chi connectivity index (χ4n) is 1.65. The SMILES string of the molecule is CC(c1cccs1)N(C)c1cc(CCl)ccn1. The maximum Gasteiger partial charge on any atom is 0.129 e. The molecule has 4 heteroatoms. The van der Waals surface area contributed by atoms with Gasteiger partial charge in [-0.05, 0) is 36.1 Å². The predicted molar refractivity (Wildman–Crippen MR) is 74.9 cm³/mol. The average molecular weight is 267 g/mol. The minimum Gasteiger partial charge on any atom is -0.352 e. The maximum atomic E-state index is 5.84. The van der Waals surface area contributed by atoms with Crippen molar-refractivity contribution in [1.82, 2.24) is 4.98 Å². The Balaban J connectivity index is 2.21. The second-order valence-electron chi connectivity index (χ2n) is 3.96. The van der Waals surface area contributed by atoms with Gasteiger partial charge >= 0.3 is 0 Å². The third-order valence-corrected chi connectivity index (χ3v) is 4.21. The summed E-state index contributed by atoms with van der Waals surface area (Å²) >= 11 is 7.61. The molecule has 0 bridgehead atoms. The molecule has 0 radical (unpaired) electrons. The average Bonchev–Trinajstić information content (AvgIpc) is 2.91. The lowest BCUT2D eigenvalue weighted by Crippen LogP contribution is -2.21. The van der Waals surface area contributed by atoms with Crippen molar-refractivity contribution < 1.29 is 0 Å². The molecule has 2 aromatic rings. The van der Waals surface area contributed by atoms with E-state index >= 15 is 0 Å². The first kappa shape index (κ1) is 12.4. The zero-order chi connectivity index (χ0) is 12.3. The molecule has 0 fully saturated rings. The number of aromatic nitrogens is 1. The number of rotatable bonds is 4. The van der Waals surface area contributed by atoms with Gasteiger partial charge in [-0.15, -0.1) is 22.9 Å². The first-order chi connectivity index (χ1) is 8.22. The van der Waals surface area contributed by atoms with E-state index in [0.29, 0.717) is 11.9 Å². The number of pyridine rings is 1. The van der Waals surface area contributed by atoms with E-state index in [1.165, 1.54) is 4.88 Å². The molecule has 17 heavy (non-hydrogen) atoms. The lowest BCUT2D eigenvalue weighted by Gasteiger charge is -2.25. The van der Waals surface area contributed by atoms with Crippen LogP contribution in [0.2, 0.25) is 0 Å². The van der Waals surface area contributed by atoms with Crippen molar-refractivity contribution in [2.75, 3.05) is 11.9 Å². The second kappa shape index (κ2) is 5.52. The van der Waals surface area contributed by atoms with Crippen LogP contribution in [0.15, 0.2) is 35.8 Å². The Bertz CT molecular complexity index is 470. The van der Waals surface area contributed by atoms with Crippen molar-refractivity contribution in [2.45, 2.75) is 18.8 Å². The van der Waals surface area contributed by atoms with Crippen molar-refractivity contribution in [3.63, 3.8) is 0 Å². The van der Waals surface area contributed by atoms with Crippen LogP contribution in [0.25, 0.3) is 0 Å². The molecule has 0 amide bonds. The first-order valence-corrected chi connectivity index (χ1v) is 6.91. The van der Waals surface area contributed by atoms with Gasteiger partial charge in [-0.2, -0.15) is 0 Å². The van der Waals surface area contributed by atoms with Crippen molar-refractivity contribution >= 4 is 28.8 Å². The van der Waals surface area contributed by atoms with Gasteiger partial charge in [0.2, 0.25) is 0 Å². The molecule has 90 valence electrons. The van der Waals surface area contributed by atoms with E-state index in [1.54, 1.807) is 11.3 Å². The summed E-state index contributed by atoms with van der Waals surface area (Å²) in [5.74, 6) is 1.49. The highest BCUT2D eigenvalue weighted by Gasteiger charge is 2.14. The van der Waals surface area contributed by atoms with Gasteiger partial charge in [-0.1, -0.05) is 6.07 Å². The van der Waals surface area contributed by atoms with Crippen LogP contribution in [-0.2, 0) is 5.88 Å². The highest BCUT2D eigenvalue weighted by Crippen LogP contribution is 2.27. The third-order valence-electron chi connectivity index (χ3n) is 2.86. The van der Waals surface area contributed by atoms with Crippen LogP contribution in [0.4, 0.5) is 5.82 Å². The van der Waals surface area contributed by atoms with E-state index in [2.05, 4.69) is 41.4 Å². The van der Waals surface area contributed by atoms with E-state index in [0.717, 1.165) is 11.4 Å². The number of anilines is 1. The zero-order valence-corrected chi connectivity index (χ0v) is 11.5. The van der Waals surface area contributed by atoms with Crippen molar-refractivity contribution in [3.05, 3.63) is 46.3 Å². The van der Waals surface area contributed by atoms with Crippen LogP contribution >= 0.6 is 22.9 Å². The summed E-state index contributed by atoms with van der Waals surface area (Å²) in [7, 11) is 2.06. The first-order valence-electron chi connectivity index (χ1n) is 5.49. The topological polar surface area (TPSA) is 16.1 Å². The Labute approximate surface area is 111 Å². The van der Waals surface area contributed by atoms with Gasteiger partial charge in [0.05, 0.1) is 6.04 Å². The van der Waals surface area contributed by atoms with Crippen LogP contribution in [0, 0.1) is 0 Å². The summed E-state index contributed by atoms with van der Waals surface area (Å²) in [6.07, 6.45) is 1.81. The van der Waals surface area contributed by atoms with Gasteiger partial charge in [0, 0.05) is 24.0 Å². The Kier molecular flexibility index (Phi) is 4.02. The number of alkyl halides is 1. The Morgan fingerprint density at radius 2 is 2.29 bits per heavy atom.